The minimum Gasteiger partial charge on any atom is -0.450 e. The molecule has 9 nitrogen and oxygen atoms in total. The number of benzene rings is 1. The molecule has 1 saturated heterocycles. The van der Waals surface area contributed by atoms with E-state index in [9.17, 15) is 22.8 Å². The smallest absolute Gasteiger partial charge is 0.409 e. The van der Waals surface area contributed by atoms with E-state index in [1.165, 1.54) is 0 Å². The molecule has 1 atom stereocenters. The van der Waals surface area contributed by atoms with Crippen molar-refractivity contribution in [1.29, 1.82) is 0 Å². The zero-order valence-electron chi connectivity index (χ0n) is 19.2. The third kappa shape index (κ3) is 5.00. The van der Waals surface area contributed by atoms with Gasteiger partial charge in [-0.25, -0.2) is 13.2 Å². The highest BCUT2D eigenvalue weighted by Gasteiger charge is 2.39. The lowest BCUT2D eigenvalue weighted by atomic mass is 10.1. The lowest BCUT2D eigenvalue weighted by Gasteiger charge is -2.34. The molecule has 2 aliphatic heterocycles. The van der Waals surface area contributed by atoms with Crippen LogP contribution in [0.2, 0.25) is 0 Å². The van der Waals surface area contributed by atoms with Crippen LogP contribution in [0.4, 0.5) is 10.5 Å². The van der Waals surface area contributed by atoms with Crippen molar-refractivity contribution in [3.05, 3.63) is 23.8 Å². The maximum absolute atomic E-state index is 12.9. The maximum Gasteiger partial charge on any atom is 0.409 e. The van der Waals surface area contributed by atoms with Crippen LogP contribution in [0.1, 0.15) is 38.7 Å². The molecule has 3 amide bonds. The molecule has 4 rings (SSSR count). The lowest BCUT2D eigenvalue weighted by molar-refractivity contribution is -0.132. The highest BCUT2D eigenvalue weighted by molar-refractivity contribution is 7.91. The van der Waals surface area contributed by atoms with E-state index in [1.54, 1.807) is 34.9 Å². The fourth-order valence-corrected chi connectivity index (χ4v) is 5.79. The highest BCUT2D eigenvalue weighted by atomic mass is 32.2. The van der Waals surface area contributed by atoms with Gasteiger partial charge in [0.05, 0.1) is 17.3 Å². The number of ether oxygens (including phenoxy) is 1. The van der Waals surface area contributed by atoms with E-state index < -0.39 is 15.9 Å². The van der Waals surface area contributed by atoms with E-state index in [-0.39, 0.29) is 40.8 Å². The predicted octanol–water partition coefficient (Wildman–Crippen LogP) is 1.84. The summed E-state index contributed by atoms with van der Waals surface area (Å²) in [6, 6.07) is 4.94. The zero-order chi connectivity index (χ0) is 23.8. The Kier molecular flexibility index (Phi) is 6.65. The second kappa shape index (κ2) is 9.32. The number of piperazine rings is 1. The number of anilines is 1. The number of hydrogen-bond acceptors (Lipinski definition) is 6. The van der Waals surface area contributed by atoms with Crippen LogP contribution in [0.3, 0.4) is 0 Å². The van der Waals surface area contributed by atoms with Crippen molar-refractivity contribution in [3.8, 4) is 0 Å². The van der Waals surface area contributed by atoms with Gasteiger partial charge >= 0.3 is 6.09 Å². The Morgan fingerprint density at radius 1 is 1.06 bits per heavy atom. The molecule has 0 radical (unpaired) electrons. The molecule has 0 unspecified atom stereocenters. The molecule has 33 heavy (non-hydrogen) atoms. The quantitative estimate of drug-likeness (QED) is 0.619. The van der Waals surface area contributed by atoms with Crippen LogP contribution >= 0.6 is 0 Å². The molecule has 0 aromatic heterocycles. The van der Waals surface area contributed by atoms with Gasteiger partial charge in [-0.3, -0.25) is 9.59 Å². The molecule has 0 bridgehead atoms. The lowest BCUT2D eigenvalue weighted by Crippen LogP contribution is -2.50. The fraction of sp³-hybridized carbons (Fsp3) is 0.609. The van der Waals surface area contributed by atoms with Crippen molar-refractivity contribution in [2.24, 2.45) is 5.92 Å². The average molecular weight is 478 g/mol. The Morgan fingerprint density at radius 2 is 1.73 bits per heavy atom. The molecule has 1 aromatic carbocycles. The topological polar surface area (TPSA) is 104 Å². The number of amides is 3. The van der Waals surface area contributed by atoms with Gasteiger partial charge in [0.1, 0.15) is 0 Å². The summed E-state index contributed by atoms with van der Waals surface area (Å²) in [6.07, 6.45) is 1.98. The zero-order valence-corrected chi connectivity index (χ0v) is 20.0. The van der Waals surface area contributed by atoms with Crippen LogP contribution in [0, 0.1) is 5.92 Å². The minimum absolute atomic E-state index is 0.0147. The van der Waals surface area contributed by atoms with E-state index in [0.29, 0.717) is 39.2 Å². The van der Waals surface area contributed by atoms with Gasteiger partial charge in [-0.15, -0.1) is 0 Å². The fourth-order valence-electron chi connectivity index (χ4n) is 4.51. The Hall–Kier alpha value is -2.62. The average Bonchev–Trinajstić information content (AvgIpc) is 3.59. The molecule has 0 spiro atoms. The Bertz CT molecular complexity index is 1040. The monoisotopic (exact) mass is 477 g/mol. The van der Waals surface area contributed by atoms with Crippen molar-refractivity contribution in [1.82, 2.24) is 9.80 Å². The van der Waals surface area contributed by atoms with E-state index in [4.69, 9.17) is 4.74 Å². The first kappa shape index (κ1) is 23.5. The van der Waals surface area contributed by atoms with E-state index in [0.717, 1.165) is 24.1 Å². The van der Waals surface area contributed by atoms with Gasteiger partial charge in [0.15, 0.2) is 9.84 Å². The van der Waals surface area contributed by atoms with Crippen LogP contribution < -0.4 is 4.90 Å². The first-order chi connectivity index (χ1) is 15.7. The van der Waals surface area contributed by atoms with E-state index in [1.807, 2.05) is 11.8 Å². The summed E-state index contributed by atoms with van der Waals surface area (Å²) in [5, 5.41) is 0. The highest BCUT2D eigenvalue weighted by Crippen LogP contribution is 2.39. The first-order valence-electron chi connectivity index (χ1n) is 11.6. The van der Waals surface area contributed by atoms with Crippen molar-refractivity contribution in [2.75, 3.05) is 43.4 Å². The largest absolute Gasteiger partial charge is 0.450 e. The van der Waals surface area contributed by atoms with Crippen LogP contribution in [0.5, 0.6) is 0 Å². The van der Waals surface area contributed by atoms with E-state index in [2.05, 4.69) is 0 Å². The van der Waals surface area contributed by atoms with Gasteiger partial charge in [-0.05, 0) is 56.9 Å². The van der Waals surface area contributed by atoms with Gasteiger partial charge in [0.25, 0.3) is 0 Å². The van der Waals surface area contributed by atoms with Gasteiger partial charge in [0, 0.05) is 50.2 Å². The van der Waals surface area contributed by atoms with Gasteiger partial charge in [-0.1, -0.05) is 0 Å². The van der Waals surface area contributed by atoms with Crippen LogP contribution in [0.25, 0.3) is 0 Å². The summed E-state index contributed by atoms with van der Waals surface area (Å²) in [7, 11) is -3.64. The van der Waals surface area contributed by atoms with Gasteiger partial charge in [-0.2, -0.15) is 0 Å². The standard InChI is InChI=1S/C23H31N3O6S/c1-3-32-23(29)25-11-9-24(10-12-25)21(27)8-13-33(30,31)19-6-7-20-18(15-19)14-16(2)26(20)22(28)17-4-5-17/h6-7,15-17H,3-5,8-14H2,1-2H3/t16-/m1/s1. The summed E-state index contributed by atoms with van der Waals surface area (Å²) < 4.78 is 30.8. The Balaban J connectivity index is 1.35. The molecule has 0 N–H and O–H groups in total. The second-order valence-electron chi connectivity index (χ2n) is 8.96. The third-order valence-electron chi connectivity index (χ3n) is 6.53. The number of hydrogen-bond donors (Lipinski definition) is 0. The number of carbonyl (C=O) groups is 3. The number of carbonyl (C=O) groups excluding carboxylic acids is 3. The minimum atomic E-state index is -3.64. The summed E-state index contributed by atoms with van der Waals surface area (Å²) in [5.41, 5.74) is 1.66. The molecule has 3 aliphatic rings. The SMILES string of the molecule is CCOC(=O)N1CCN(C(=O)CCS(=O)(=O)c2ccc3c(c2)C[C@@H](C)N3C(=O)C2CC2)CC1. The Labute approximate surface area is 194 Å². The van der Waals surface area contributed by atoms with Crippen molar-refractivity contribution >= 4 is 33.4 Å². The van der Waals surface area contributed by atoms with Crippen LogP contribution in [-0.2, 0) is 30.6 Å². The molecule has 2 heterocycles. The summed E-state index contributed by atoms with van der Waals surface area (Å²) in [5.74, 6) is -0.279. The third-order valence-corrected chi connectivity index (χ3v) is 8.25. The van der Waals surface area contributed by atoms with Gasteiger partial charge in [0.2, 0.25) is 11.8 Å². The van der Waals surface area contributed by atoms with Crippen LogP contribution in [0.15, 0.2) is 23.1 Å². The summed E-state index contributed by atoms with van der Waals surface area (Å²) in [4.78, 5) is 42.1. The normalized spacial score (nSPS) is 20.5. The molecular weight excluding hydrogens is 446 g/mol. The molecular formula is C23H31N3O6S. The molecule has 180 valence electrons. The van der Waals surface area contributed by atoms with Crippen LogP contribution in [-0.4, -0.2) is 80.7 Å². The van der Waals surface area contributed by atoms with Crippen molar-refractivity contribution in [3.63, 3.8) is 0 Å². The molecule has 2 fully saturated rings. The summed E-state index contributed by atoms with van der Waals surface area (Å²) in [6.45, 7) is 5.48. The molecule has 1 aromatic rings. The summed E-state index contributed by atoms with van der Waals surface area (Å²) >= 11 is 0. The van der Waals surface area contributed by atoms with Crippen molar-refractivity contribution < 1.29 is 27.5 Å². The second-order valence-corrected chi connectivity index (χ2v) is 11.1. The van der Waals surface area contributed by atoms with E-state index >= 15 is 0 Å². The van der Waals surface area contributed by atoms with Crippen molar-refractivity contribution in [2.45, 2.75) is 50.5 Å². The number of fused-ring (bicyclic) bond motifs is 1. The number of nitrogens with zero attached hydrogens (tertiary/aromatic N) is 3. The number of sulfone groups is 1. The molecule has 10 heteroatoms. The molecule has 1 aliphatic carbocycles. The molecule has 1 saturated carbocycles. The first-order valence-corrected chi connectivity index (χ1v) is 13.2. The number of rotatable bonds is 6. The Morgan fingerprint density at radius 3 is 2.36 bits per heavy atom. The maximum atomic E-state index is 12.9. The van der Waals surface area contributed by atoms with Gasteiger partial charge < -0.3 is 19.4 Å². The predicted molar refractivity (Wildman–Crippen MR) is 122 cm³/mol.